The first-order valence-corrected chi connectivity index (χ1v) is 9.63. The Balaban J connectivity index is 2.25. The molecular weight excluding hydrogens is 372 g/mol. The lowest BCUT2D eigenvalue weighted by Crippen LogP contribution is -2.37. The Hall–Kier alpha value is -2.93. The number of nitrogens with zero attached hydrogens (tertiary/aromatic N) is 1. The minimum Gasteiger partial charge on any atom is -0.461 e. The second-order valence-electron chi connectivity index (χ2n) is 6.71. The number of aromatic nitrogens is 1. The van der Waals surface area contributed by atoms with Gasteiger partial charge in [0, 0.05) is 37.1 Å². The number of methoxy groups -OCH3 is 1. The molecule has 0 saturated carbocycles. The Morgan fingerprint density at radius 1 is 1.10 bits per heavy atom. The fraction of sp³-hybridized carbons (Fsp3) is 0.409. The number of rotatable bonds is 10. The van der Waals surface area contributed by atoms with Crippen molar-refractivity contribution in [2.24, 2.45) is 0 Å². The van der Waals surface area contributed by atoms with Crippen molar-refractivity contribution in [3.63, 3.8) is 0 Å². The smallest absolute Gasteiger partial charge is 0.355 e. The summed E-state index contributed by atoms with van der Waals surface area (Å²) in [5.41, 5.74) is 2.33. The quantitative estimate of drug-likeness (QED) is 0.376. The van der Waals surface area contributed by atoms with Gasteiger partial charge in [0.25, 0.3) is 5.91 Å². The molecule has 0 saturated heterocycles. The van der Waals surface area contributed by atoms with Crippen LogP contribution >= 0.6 is 0 Å². The maximum atomic E-state index is 13.1. The van der Waals surface area contributed by atoms with Gasteiger partial charge in [0.2, 0.25) is 0 Å². The van der Waals surface area contributed by atoms with Gasteiger partial charge >= 0.3 is 5.97 Å². The van der Waals surface area contributed by atoms with Crippen molar-refractivity contribution in [1.82, 2.24) is 9.88 Å². The number of ketones is 1. The molecule has 0 unspecified atom stereocenters. The molecule has 0 aliphatic carbocycles. The van der Waals surface area contributed by atoms with Crippen LogP contribution in [0.4, 0.5) is 0 Å². The van der Waals surface area contributed by atoms with E-state index in [1.54, 1.807) is 52.1 Å². The Morgan fingerprint density at radius 2 is 1.79 bits per heavy atom. The van der Waals surface area contributed by atoms with Crippen LogP contribution < -0.4 is 0 Å². The second-order valence-corrected chi connectivity index (χ2v) is 6.71. The van der Waals surface area contributed by atoms with E-state index < -0.39 is 5.97 Å². The SMILES string of the molecule is CCOC(=O)c1[nH]c(C)c(C(=O)CN(CCCOC)C(=O)c2ccccc2)c1C. The van der Waals surface area contributed by atoms with Crippen LogP contribution in [0.1, 0.15) is 55.8 Å². The molecular formula is C22H28N2O5. The Bertz CT molecular complexity index is 858. The van der Waals surface area contributed by atoms with Crippen molar-refractivity contribution in [3.05, 3.63) is 58.4 Å². The van der Waals surface area contributed by atoms with Crippen molar-refractivity contribution in [2.75, 3.05) is 33.4 Å². The molecule has 1 aromatic heterocycles. The van der Waals surface area contributed by atoms with Crippen LogP contribution in [0.3, 0.4) is 0 Å². The normalized spacial score (nSPS) is 10.6. The summed E-state index contributed by atoms with van der Waals surface area (Å²) >= 11 is 0. The predicted molar refractivity (Wildman–Crippen MR) is 109 cm³/mol. The number of benzene rings is 1. The maximum Gasteiger partial charge on any atom is 0.355 e. The van der Waals surface area contributed by atoms with E-state index in [1.807, 2.05) is 6.07 Å². The average Bonchev–Trinajstić information content (AvgIpc) is 3.02. The van der Waals surface area contributed by atoms with E-state index in [9.17, 15) is 14.4 Å². The summed E-state index contributed by atoms with van der Waals surface area (Å²) in [7, 11) is 1.60. The summed E-state index contributed by atoms with van der Waals surface area (Å²) in [6.45, 7) is 6.21. The number of carbonyl (C=O) groups excluding carboxylic acids is 3. The van der Waals surface area contributed by atoms with Crippen molar-refractivity contribution < 1.29 is 23.9 Å². The van der Waals surface area contributed by atoms with Crippen molar-refractivity contribution >= 4 is 17.7 Å². The largest absolute Gasteiger partial charge is 0.461 e. The molecule has 1 amide bonds. The first kappa shape index (κ1) is 22.4. The zero-order valence-electron chi connectivity index (χ0n) is 17.4. The van der Waals surface area contributed by atoms with Crippen LogP contribution in [0.25, 0.3) is 0 Å². The number of aryl methyl sites for hydroxylation is 1. The van der Waals surface area contributed by atoms with E-state index in [2.05, 4.69) is 4.98 Å². The van der Waals surface area contributed by atoms with Gasteiger partial charge in [-0.05, 0) is 44.9 Å². The number of ether oxygens (including phenoxy) is 2. The van der Waals surface area contributed by atoms with E-state index >= 15 is 0 Å². The van der Waals surface area contributed by atoms with Gasteiger partial charge in [-0.15, -0.1) is 0 Å². The van der Waals surface area contributed by atoms with Crippen LogP contribution in [0, 0.1) is 13.8 Å². The van der Waals surface area contributed by atoms with Gasteiger partial charge in [0.1, 0.15) is 5.69 Å². The molecule has 156 valence electrons. The molecule has 0 radical (unpaired) electrons. The third kappa shape index (κ3) is 5.54. The molecule has 2 rings (SSSR count). The summed E-state index contributed by atoms with van der Waals surface area (Å²) in [5, 5.41) is 0. The number of hydrogen-bond acceptors (Lipinski definition) is 5. The summed E-state index contributed by atoms with van der Waals surface area (Å²) < 4.78 is 10.1. The topological polar surface area (TPSA) is 88.7 Å². The molecule has 0 bridgehead atoms. The molecule has 1 aromatic carbocycles. The highest BCUT2D eigenvalue weighted by Crippen LogP contribution is 2.20. The van der Waals surface area contributed by atoms with Crippen molar-refractivity contribution in [3.8, 4) is 0 Å². The lowest BCUT2D eigenvalue weighted by molar-refractivity contribution is 0.0519. The molecule has 0 spiro atoms. The van der Waals surface area contributed by atoms with Gasteiger partial charge in [0.15, 0.2) is 5.78 Å². The second kappa shape index (κ2) is 10.6. The number of esters is 1. The van der Waals surface area contributed by atoms with Crippen LogP contribution in [0.5, 0.6) is 0 Å². The number of amides is 1. The molecule has 29 heavy (non-hydrogen) atoms. The van der Waals surface area contributed by atoms with Gasteiger partial charge < -0.3 is 19.4 Å². The molecule has 0 aliphatic rings. The van der Waals surface area contributed by atoms with Gasteiger partial charge in [-0.25, -0.2) is 4.79 Å². The molecule has 2 aromatic rings. The predicted octanol–water partition coefficient (Wildman–Crippen LogP) is 3.17. The van der Waals surface area contributed by atoms with E-state index in [4.69, 9.17) is 9.47 Å². The van der Waals surface area contributed by atoms with Gasteiger partial charge in [-0.1, -0.05) is 18.2 Å². The third-order valence-corrected chi connectivity index (χ3v) is 4.61. The third-order valence-electron chi connectivity index (χ3n) is 4.61. The highest BCUT2D eigenvalue weighted by atomic mass is 16.5. The van der Waals surface area contributed by atoms with E-state index in [-0.39, 0.29) is 30.5 Å². The van der Waals surface area contributed by atoms with Crippen molar-refractivity contribution in [1.29, 1.82) is 0 Å². The fourth-order valence-corrected chi connectivity index (χ4v) is 3.24. The minimum absolute atomic E-state index is 0.0841. The first-order chi connectivity index (χ1) is 13.9. The molecule has 0 atom stereocenters. The van der Waals surface area contributed by atoms with E-state index in [0.717, 1.165) is 0 Å². The van der Waals surface area contributed by atoms with E-state index in [0.29, 0.717) is 42.0 Å². The van der Waals surface area contributed by atoms with Crippen LogP contribution in [0.2, 0.25) is 0 Å². The lowest BCUT2D eigenvalue weighted by atomic mass is 10.0. The number of carbonyl (C=O) groups is 3. The Labute approximate surface area is 171 Å². The fourth-order valence-electron chi connectivity index (χ4n) is 3.24. The number of aromatic amines is 1. The van der Waals surface area contributed by atoms with Crippen LogP contribution in [0.15, 0.2) is 30.3 Å². The molecule has 0 fully saturated rings. The number of Topliss-reactive ketones (excluding diaryl/α,β-unsaturated/α-hetero) is 1. The van der Waals surface area contributed by atoms with Crippen LogP contribution in [-0.2, 0) is 9.47 Å². The highest BCUT2D eigenvalue weighted by Gasteiger charge is 2.26. The monoisotopic (exact) mass is 400 g/mol. The number of H-pyrrole nitrogens is 1. The van der Waals surface area contributed by atoms with E-state index in [1.165, 1.54) is 4.90 Å². The molecule has 1 N–H and O–H groups in total. The summed E-state index contributed by atoms with van der Waals surface area (Å²) in [6.07, 6.45) is 0.613. The zero-order valence-corrected chi connectivity index (χ0v) is 17.4. The minimum atomic E-state index is -0.496. The Morgan fingerprint density at radius 3 is 2.41 bits per heavy atom. The Kier molecular flexibility index (Phi) is 8.15. The summed E-state index contributed by atoms with van der Waals surface area (Å²) in [6, 6.07) is 8.85. The summed E-state index contributed by atoms with van der Waals surface area (Å²) in [5.74, 6) is -0.940. The van der Waals surface area contributed by atoms with Gasteiger partial charge in [0.05, 0.1) is 13.2 Å². The molecule has 7 heteroatoms. The standard InChI is InChI=1S/C22H28N2O5/c1-5-29-22(27)20-15(2)19(16(3)23-20)18(25)14-24(12-9-13-28-4)21(26)17-10-7-6-8-11-17/h6-8,10-11,23H,5,9,12-14H2,1-4H3. The first-order valence-electron chi connectivity index (χ1n) is 9.63. The number of nitrogens with one attached hydrogen (secondary N) is 1. The molecule has 1 heterocycles. The van der Waals surface area contributed by atoms with Gasteiger partial charge in [-0.3, -0.25) is 9.59 Å². The van der Waals surface area contributed by atoms with Crippen molar-refractivity contribution in [2.45, 2.75) is 27.2 Å². The van der Waals surface area contributed by atoms with Crippen LogP contribution in [-0.4, -0.2) is 61.0 Å². The number of hydrogen-bond donors (Lipinski definition) is 1. The zero-order chi connectivity index (χ0) is 21.4. The summed E-state index contributed by atoms with van der Waals surface area (Å²) in [4.78, 5) is 42.6. The highest BCUT2D eigenvalue weighted by molar-refractivity contribution is 6.05. The maximum absolute atomic E-state index is 13.1. The lowest BCUT2D eigenvalue weighted by Gasteiger charge is -2.22. The average molecular weight is 400 g/mol. The van der Waals surface area contributed by atoms with Gasteiger partial charge in [-0.2, -0.15) is 0 Å². The molecule has 0 aliphatic heterocycles. The molecule has 7 nitrogen and oxygen atoms in total.